The molecule has 0 unspecified atom stereocenters. The van der Waals surface area contributed by atoms with Crippen molar-refractivity contribution in [2.75, 3.05) is 6.26 Å². The minimum atomic E-state index is -3.31. The summed E-state index contributed by atoms with van der Waals surface area (Å²) in [5.74, 6) is -0.368. The minimum absolute atomic E-state index is 0.00532. The van der Waals surface area contributed by atoms with Crippen LogP contribution < -0.4 is 0 Å². The molecule has 2 aromatic carbocycles. The second-order valence-corrected chi connectivity index (χ2v) is 10.2. The molecule has 0 aliphatic rings. The molecule has 0 bridgehead atoms. The van der Waals surface area contributed by atoms with Gasteiger partial charge in [-0.3, -0.25) is 4.79 Å². The lowest BCUT2D eigenvalue weighted by Gasteiger charge is -2.13. The summed E-state index contributed by atoms with van der Waals surface area (Å²) in [6.45, 7) is 0. The maximum atomic E-state index is 12.7. The highest BCUT2D eigenvalue weighted by atomic mass is 35.5. The lowest BCUT2D eigenvalue weighted by Crippen LogP contribution is -2.13. The number of hydrogen-bond donors (Lipinski definition) is 0. The molecule has 6 nitrogen and oxygen atoms in total. The Kier molecular flexibility index (Phi) is 7.28. The number of halogens is 2. The maximum absolute atomic E-state index is 12.7. The smallest absolute Gasteiger partial charge is 0.241 e. The van der Waals surface area contributed by atoms with Gasteiger partial charge in [0.15, 0.2) is 15.7 Å². The van der Waals surface area contributed by atoms with E-state index in [4.69, 9.17) is 27.7 Å². The number of carbonyl (C=O) groups is 1. The van der Waals surface area contributed by atoms with Crippen LogP contribution in [0.25, 0.3) is 0 Å². The Morgan fingerprint density at radius 2 is 1.57 bits per heavy atom. The Hall–Kier alpha value is -2.22. The van der Waals surface area contributed by atoms with Gasteiger partial charge in [0.05, 0.1) is 0 Å². The van der Waals surface area contributed by atoms with E-state index in [1.807, 2.05) is 24.3 Å². The molecule has 0 spiro atoms. The average Bonchev–Trinajstić information content (AvgIpc) is 3.11. The van der Waals surface area contributed by atoms with Crippen LogP contribution in [0, 0.1) is 0 Å². The van der Waals surface area contributed by atoms with Crippen molar-refractivity contribution in [3.63, 3.8) is 0 Å². The van der Waals surface area contributed by atoms with Crippen LogP contribution in [0.4, 0.5) is 0 Å². The zero-order valence-corrected chi connectivity index (χ0v) is 18.5. The van der Waals surface area contributed by atoms with E-state index in [2.05, 4.69) is 10.1 Å². The summed E-state index contributed by atoms with van der Waals surface area (Å²) < 4.78 is 28.1. The zero-order valence-electron chi connectivity index (χ0n) is 16.2. The SMILES string of the molecule is CS(=O)(=O)Cc1nc([C@@H](CC(=O)Cc2ccc(Cl)cc2)Cc2ccc(Cl)cc2)no1. The van der Waals surface area contributed by atoms with E-state index in [1.54, 1.807) is 24.3 Å². The molecule has 0 aliphatic heterocycles. The van der Waals surface area contributed by atoms with Gasteiger partial charge in [0.2, 0.25) is 5.89 Å². The standard InChI is InChI=1S/C21H20Cl2N2O4S/c1-30(27,28)13-20-24-21(25-29-20)16(10-14-2-6-17(22)7-3-14)12-19(26)11-15-4-8-18(23)9-5-15/h2-9,16H,10-13H2,1H3/t16-/m1/s1. The molecule has 0 amide bonds. The summed E-state index contributed by atoms with van der Waals surface area (Å²) in [6.07, 6.45) is 2.02. The van der Waals surface area contributed by atoms with Crippen LogP contribution in [-0.2, 0) is 33.2 Å². The summed E-state index contributed by atoms with van der Waals surface area (Å²) in [5.41, 5.74) is 1.82. The van der Waals surface area contributed by atoms with E-state index >= 15 is 0 Å². The molecular formula is C21H20Cl2N2O4S. The van der Waals surface area contributed by atoms with Crippen LogP contribution in [0.1, 0.15) is 35.2 Å². The van der Waals surface area contributed by atoms with Crippen molar-refractivity contribution >= 4 is 38.8 Å². The van der Waals surface area contributed by atoms with Gasteiger partial charge in [-0.15, -0.1) is 0 Å². The second kappa shape index (κ2) is 9.73. The monoisotopic (exact) mass is 466 g/mol. The lowest BCUT2D eigenvalue weighted by molar-refractivity contribution is -0.118. The van der Waals surface area contributed by atoms with Crippen molar-refractivity contribution in [2.45, 2.75) is 30.9 Å². The number of rotatable bonds is 9. The van der Waals surface area contributed by atoms with Crippen molar-refractivity contribution < 1.29 is 17.7 Å². The Balaban J connectivity index is 1.78. The number of Topliss-reactive ketones (excluding diaryl/α,β-unsaturated/α-hetero) is 1. The normalized spacial score (nSPS) is 12.6. The zero-order chi connectivity index (χ0) is 21.7. The van der Waals surface area contributed by atoms with Crippen molar-refractivity contribution in [3.05, 3.63) is 81.4 Å². The number of nitrogens with zero attached hydrogens (tertiary/aromatic N) is 2. The van der Waals surface area contributed by atoms with Crippen molar-refractivity contribution in [2.24, 2.45) is 0 Å². The highest BCUT2D eigenvalue weighted by Crippen LogP contribution is 2.25. The van der Waals surface area contributed by atoms with Crippen LogP contribution in [0.15, 0.2) is 53.1 Å². The first kappa shape index (κ1) is 22.5. The number of aromatic nitrogens is 2. The van der Waals surface area contributed by atoms with Crippen LogP contribution in [-0.4, -0.2) is 30.6 Å². The largest absolute Gasteiger partial charge is 0.338 e. The summed E-state index contributed by atoms with van der Waals surface area (Å²) in [5, 5.41) is 5.16. The third kappa shape index (κ3) is 6.93. The molecule has 0 fully saturated rings. The van der Waals surface area contributed by atoms with E-state index in [0.29, 0.717) is 22.3 Å². The topological polar surface area (TPSA) is 90.1 Å². The van der Waals surface area contributed by atoms with Crippen LogP contribution in [0.3, 0.4) is 0 Å². The fourth-order valence-electron chi connectivity index (χ4n) is 3.05. The van der Waals surface area contributed by atoms with Crippen LogP contribution in [0.2, 0.25) is 10.0 Å². The fourth-order valence-corrected chi connectivity index (χ4v) is 3.87. The highest BCUT2D eigenvalue weighted by molar-refractivity contribution is 7.89. The summed E-state index contributed by atoms with van der Waals surface area (Å²) >= 11 is 11.9. The molecule has 3 rings (SSSR count). The molecule has 9 heteroatoms. The maximum Gasteiger partial charge on any atom is 0.241 e. The molecule has 0 saturated carbocycles. The minimum Gasteiger partial charge on any atom is -0.338 e. The molecule has 0 aliphatic carbocycles. The van der Waals surface area contributed by atoms with Gasteiger partial charge in [-0.1, -0.05) is 52.6 Å². The molecular weight excluding hydrogens is 447 g/mol. The Morgan fingerprint density at radius 1 is 1.00 bits per heavy atom. The van der Waals surface area contributed by atoms with E-state index < -0.39 is 9.84 Å². The number of sulfone groups is 1. The van der Waals surface area contributed by atoms with E-state index in [0.717, 1.165) is 17.4 Å². The predicted molar refractivity (Wildman–Crippen MR) is 116 cm³/mol. The molecule has 30 heavy (non-hydrogen) atoms. The summed E-state index contributed by atoms with van der Waals surface area (Å²) in [6, 6.07) is 14.4. The predicted octanol–water partition coefficient (Wildman–Crippen LogP) is 4.45. The van der Waals surface area contributed by atoms with Gasteiger partial charge < -0.3 is 4.52 Å². The van der Waals surface area contributed by atoms with Gasteiger partial charge in [0.25, 0.3) is 0 Å². The van der Waals surface area contributed by atoms with Crippen molar-refractivity contribution in [1.82, 2.24) is 10.1 Å². The van der Waals surface area contributed by atoms with Gasteiger partial charge in [0.1, 0.15) is 11.5 Å². The number of carbonyl (C=O) groups excluding carboxylic acids is 1. The number of ketones is 1. The Labute approximate surface area is 185 Å². The number of hydrogen-bond acceptors (Lipinski definition) is 6. The van der Waals surface area contributed by atoms with E-state index in [-0.39, 0.29) is 36.2 Å². The molecule has 0 N–H and O–H groups in total. The van der Waals surface area contributed by atoms with Gasteiger partial charge in [0, 0.05) is 35.1 Å². The third-order valence-corrected chi connectivity index (χ3v) is 5.69. The van der Waals surface area contributed by atoms with Crippen LogP contribution in [0.5, 0.6) is 0 Å². The molecule has 1 atom stereocenters. The molecule has 1 heterocycles. The molecule has 1 aromatic heterocycles. The summed E-state index contributed by atoms with van der Waals surface area (Å²) in [4.78, 5) is 17.0. The first-order valence-corrected chi connectivity index (χ1v) is 12.0. The van der Waals surface area contributed by atoms with Crippen molar-refractivity contribution in [3.8, 4) is 0 Å². The molecule has 3 aromatic rings. The molecule has 158 valence electrons. The van der Waals surface area contributed by atoms with Gasteiger partial charge in [-0.2, -0.15) is 4.98 Å². The Bertz CT molecular complexity index is 1110. The van der Waals surface area contributed by atoms with Gasteiger partial charge in [-0.05, 0) is 41.8 Å². The quantitative estimate of drug-likeness (QED) is 0.462. The number of benzene rings is 2. The van der Waals surface area contributed by atoms with E-state index in [9.17, 15) is 13.2 Å². The molecule has 0 saturated heterocycles. The highest BCUT2D eigenvalue weighted by Gasteiger charge is 2.23. The first-order chi connectivity index (χ1) is 14.2. The summed E-state index contributed by atoms with van der Waals surface area (Å²) in [7, 11) is -3.31. The van der Waals surface area contributed by atoms with Crippen molar-refractivity contribution in [1.29, 1.82) is 0 Å². The molecule has 0 radical (unpaired) electrons. The Morgan fingerprint density at radius 3 is 2.13 bits per heavy atom. The van der Waals surface area contributed by atoms with Gasteiger partial charge in [-0.25, -0.2) is 8.42 Å². The van der Waals surface area contributed by atoms with Crippen LogP contribution >= 0.6 is 23.2 Å². The van der Waals surface area contributed by atoms with E-state index in [1.165, 1.54) is 0 Å². The fraction of sp³-hybridized carbons (Fsp3) is 0.286. The third-order valence-electron chi connectivity index (χ3n) is 4.42. The second-order valence-electron chi connectivity index (χ2n) is 7.19. The first-order valence-electron chi connectivity index (χ1n) is 9.19. The van der Waals surface area contributed by atoms with Gasteiger partial charge >= 0.3 is 0 Å². The lowest BCUT2D eigenvalue weighted by atomic mass is 9.91. The average molecular weight is 467 g/mol.